The highest BCUT2D eigenvalue weighted by Crippen LogP contribution is 2.18. The summed E-state index contributed by atoms with van der Waals surface area (Å²) < 4.78 is 15.4. The number of imidazole rings is 1. The van der Waals surface area contributed by atoms with Crippen LogP contribution in [0.3, 0.4) is 0 Å². The zero-order valence-electron chi connectivity index (χ0n) is 9.81. The van der Waals surface area contributed by atoms with Gasteiger partial charge < -0.3 is 10.3 Å². The molecule has 0 saturated carbocycles. The fraction of sp³-hybridized carbons (Fsp3) is 0.308. The largest absolute Gasteiger partial charge is 0.338 e. The minimum atomic E-state index is -0.284. The number of rotatable bonds is 4. The summed E-state index contributed by atoms with van der Waals surface area (Å²) in [6, 6.07) is 6.37. The molecule has 0 aliphatic carbocycles. The van der Waals surface area contributed by atoms with Gasteiger partial charge in [-0.3, -0.25) is 0 Å². The molecule has 1 aromatic heterocycles. The van der Waals surface area contributed by atoms with Crippen molar-refractivity contribution in [3.05, 3.63) is 53.9 Å². The van der Waals surface area contributed by atoms with Gasteiger partial charge in [0.15, 0.2) is 0 Å². The summed E-state index contributed by atoms with van der Waals surface area (Å²) in [6.07, 6.45) is 5.08. The quantitative estimate of drug-likeness (QED) is 0.879. The molecule has 2 rings (SSSR count). The molecule has 3 nitrogen and oxygen atoms in total. The van der Waals surface area contributed by atoms with Crippen LogP contribution in [0.15, 0.2) is 36.7 Å². The maximum atomic E-state index is 13.5. The number of nitrogens with two attached hydrogens (primary N) is 1. The van der Waals surface area contributed by atoms with E-state index in [1.54, 1.807) is 24.4 Å². The lowest BCUT2D eigenvalue weighted by Crippen LogP contribution is -2.14. The number of aromatic nitrogens is 2. The Hall–Kier alpha value is -1.68. The second-order valence-corrected chi connectivity index (χ2v) is 4.12. The van der Waals surface area contributed by atoms with E-state index in [1.807, 2.05) is 17.8 Å². The van der Waals surface area contributed by atoms with Crippen molar-refractivity contribution in [3.8, 4) is 0 Å². The number of aryl methyl sites for hydroxylation is 2. The summed E-state index contributed by atoms with van der Waals surface area (Å²) in [7, 11) is 1.94. The molecule has 90 valence electrons. The van der Waals surface area contributed by atoms with Crippen molar-refractivity contribution in [1.82, 2.24) is 9.55 Å². The van der Waals surface area contributed by atoms with E-state index in [1.165, 1.54) is 6.07 Å². The van der Waals surface area contributed by atoms with Crippen molar-refractivity contribution < 1.29 is 4.39 Å². The van der Waals surface area contributed by atoms with E-state index in [0.29, 0.717) is 12.0 Å². The van der Waals surface area contributed by atoms with Crippen LogP contribution >= 0.6 is 0 Å². The number of nitrogens with zero attached hydrogens (tertiary/aromatic N) is 2. The molecular formula is C13H16FN3. The second kappa shape index (κ2) is 5.10. The highest BCUT2D eigenvalue weighted by Gasteiger charge is 2.11. The van der Waals surface area contributed by atoms with Crippen LogP contribution in [0.5, 0.6) is 0 Å². The third-order valence-electron chi connectivity index (χ3n) is 2.90. The van der Waals surface area contributed by atoms with Gasteiger partial charge in [0.1, 0.15) is 11.6 Å². The molecule has 17 heavy (non-hydrogen) atoms. The van der Waals surface area contributed by atoms with Crippen LogP contribution in [0, 0.1) is 5.82 Å². The van der Waals surface area contributed by atoms with Crippen LogP contribution in [0.4, 0.5) is 4.39 Å². The van der Waals surface area contributed by atoms with Gasteiger partial charge in [-0.15, -0.1) is 0 Å². The normalized spacial score (nSPS) is 12.6. The van der Waals surface area contributed by atoms with Crippen LogP contribution in [0.25, 0.3) is 0 Å². The summed E-state index contributed by atoms with van der Waals surface area (Å²) >= 11 is 0. The molecule has 0 bridgehead atoms. The van der Waals surface area contributed by atoms with Crippen molar-refractivity contribution >= 4 is 0 Å². The Kier molecular flexibility index (Phi) is 3.54. The Morgan fingerprint density at radius 1 is 1.41 bits per heavy atom. The molecule has 2 N–H and O–H groups in total. The number of benzene rings is 1. The third-order valence-corrected chi connectivity index (χ3v) is 2.90. The summed E-state index contributed by atoms with van der Waals surface area (Å²) in [4.78, 5) is 4.22. The second-order valence-electron chi connectivity index (χ2n) is 4.12. The third kappa shape index (κ3) is 2.71. The molecule has 1 heterocycles. The minimum absolute atomic E-state index is 0.236. The summed E-state index contributed by atoms with van der Waals surface area (Å²) in [6.45, 7) is 0. The van der Waals surface area contributed by atoms with Crippen LogP contribution in [-0.2, 0) is 13.5 Å². The average molecular weight is 233 g/mol. The molecule has 0 fully saturated rings. The first kappa shape index (κ1) is 11.8. The van der Waals surface area contributed by atoms with Gasteiger partial charge >= 0.3 is 0 Å². The number of halogens is 1. The van der Waals surface area contributed by atoms with Crippen LogP contribution in [0.1, 0.15) is 23.9 Å². The van der Waals surface area contributed by atoms with Gasteiger partial charge in [-0.1, -0.05) is 18.2 Å². The molecule has 0 radical (unpaired) electrons. The molecule has 0 amide bonds. The fourth-order valence-corrected chi connectivity index (χ4v) is 1.85. The van der Waals surface area contributed by atoms with Gasteiger partial charge in [0.2, 0.25) is 0 Å². The first-order chi connectivity index (χ1) is 8.18. The van der Waals surface area contributed by atoms with Gasteiger partial charge in [-0.05, 0) is 12.5 Å². The van der Waals surface area contributed by atoms with Crippen molar-refractivity contribution in [2.75, 3.05) is 0 Å². The smallest absolute Gasteiger partial charge is 0.127 e. The Labute approximate surface area is 100 Å². The highest BCUT2D eigenvalue weighted by molar-refractivity contribution is 5.20. The van der Waals surface area contributed by atoms with Crippen LogP contribution in [0.2, 0.25) is 0 Å². The van der Waals surface area contributed by atoms with Crippen LogP contribution < -0.4 is 5.73 Å². The lowest BCUT2D eigenvalue weighted by atomic mass is 10.0. The van der Waals surface area contributed by atoms with Crippen molar-refractivity contribution in [3.63, 3.8) is 0 Å². The van der Waals surface area contributed by atoms with E-state index in [-0.39, 0.29) is 11.9 Å². The number of hydrogen-bond acceptors (Lipinski definition) is 2. The molecule has 0 saturated heterocycles. The molecule has 1 unspecified atom stereocenters. The maximum absolute atomic E-state index is 13.5. The Balaban J connectivity index is 2.01. The molecule has 0 aliphatic rings. The Bertz CT molecular complexity index is 493. The highest BCUT2D eigenvalue weighted by atomic mass is 19.1. The predicted molar refractivity (Wildman–Crippen MR) is 64.9 cm³/mol. The van der Waals surface area contributed by atoms with Gasteiger partial charge in [0.25, 0.3) is 0 Å². The van der Waals surface area contributed by atoms with E-state index in [2.05, 4.69) is 4.98 Å². The van der Waals surface area contributed by atoms with E-state index < -0.39 is 0 Å². The Morgan fingerprint density at radius 3 is 2.82 bits per heavy atom. The molecule has 1 atom stereocenters. The lowest BCUT2D eigenvalue weighted by Gasteiger charge is -2.12. The summed E-state index contributed by atoms with van der Waals surface area (Å²) in [5.41, 5.74) is 6.56. The molecule has 2 aromatic rings. The van der Waals surface area contributed by atoms with Crippen molar-refractivity contribution in [2.24, 2.45) is 12.8 Å². The SMILES string of the molecule is Cn1ccnc1CCC(N)c1ccccc1F. The van der Waals surface area contributed by atoms with Crippen molar-refractivity contribution in [2.45, 2.75) is 18.9 Å². The standard InChI is InChI=1S/C13H16FN3/c1-17-9-8-16-13(17)7-6-12(15)10-4-2-3-5-11(10)14/h2-5,8-9,12H,6-7,15H2,1H3. The zero-order chi connectivity index (χ0) is 12.3. The molecule has 4 heteroatoms. The van der Waals surface area contributed by atoms with E-state index in [0.717, 1.165) is 12.2 Å². The number of hydrogen-bond donors (Lipinski definition) is 1. The molecule has 0 aliphatic heterocycles. The van der Waals surface area contributed by atoms with Crippen LogP contribution in [-0.4, -0.2) is 9.55 Å². The van der Waals surface area contributed by atoms with E-state index in [4.69, 9.17) is 5.73 Å². The monoisotopic (exact) mass is 233 g/mol. The molecule has 1 aromatic carbocycles. The molecular weight excluding hydrogens is 217 g/mol. The van der Waals surface area contributed by atoms with Gasteiger partial charge in [-0.25, -0.2) is 9.37 Å². The maximum Gasteiger partial charge on any atom is 0.127 e. The van der Waals surface area contributed by atoms with E-state index >= 15 is 0 Å². The average Bonchev–Trinajstić information content (AvgIpc) is 2.72. The van der Waals surface area contributed by atoms with Gasteiger partial charge in [0.05, 0.1) is 0 Å². The molecule has 0 spiro atoms. The summed E-state index contributed by atoms with van der Waals surface area (Å²) in [5.74, 6) is 0.733. The Morgan fingerprint density at radius 2 is 2.18 bits per heavy atom. The summed E-state index contributed by atoms with van der Waals surface area (Å²) in [5, 5.41) is 0. The van der Waals surface area contributed by atoms with Gasteiger partial charge in [0, 0.05) is 37.5 Å². The van der Waals surface area contributed by atoms with E-state index in [9.17, 15) is 4.39 Å². The first-order valence-electron chi connectivity index (χ1n) is 5.64. The first-order valence-corrected chi connectivity index (χ1v) is 5.64. The zero-order valence-corrected chi connectivity index (χ0v) is 9.81. The minimum Gasteiger partial charge on any atom is -0.338 e. The van der Waals surface area contributed by atoms with Crippen molar-refractivity contribution in [1.29, 1.82) is 0 Å². The topological polar surface area (TPSA) is 43.8 Å². The lowest BCUT2D eigenvalue weighted by molar-refractivity contribution is 0.556. The fourth-order valence-electron chi connectivity index (χ4n) is 1.85. The predicted octanol–water partition coefficient (Wildman–Crippen LogP) is 2.19. The van der Waals surface area contributed by atoms with Gasteiger partial charge in [-0.2, -0.15) is 0 Å².